The van der Waals surface area contributed by atoms with Crippen LogP contribution < -0.4 is 10.6 Å². The monoisotopic (exact) mass is 387 g/mol. The first-order chi connectivity index (χ1) is 13.5. The van der Waals surface area contributed by atoms with E-state index in [0.717, 1.165) is 56.2 Å². The Labute approximate surface area is 170 Å². The molecule has 2 N–H and O–H groups in total. The number of likely N-dealkylation sites (tertiary alicyclic amines) is 1. The summed E-state index contributed by atoms with van der Waals surface area (Å²) in [5, 5.41) is 6.78. The molecule has 2 rings (SSSR count). The van der Waals surface area contributed by atoms with E-state index in [0.29, 0.717) is 5.92 Å². The topological polar surface area (TPSA) is 60.0 Å². The van der Waals surface area contributed by atoms with Gasteiger partial charge in [0, 0.05) is 45.8 Å². The van der Waals surface area contributed by atoms with Crippen molar-refractivity contribution in [3.05, 3.63) is 35.4 Å². The molecule has 0 bridgehead atoms. The van der Waals surface area contributed by atoms with Crippen LogP contribution in [0.3, 0.4) is 0 Å². The molecule has 6 nitrogen and oxygen atoms in total. The summed E-state index contributed by atoms with van der Waals surface area (Å²) >= 11 is 0. The lowest BCUT2D eigenvalue weighted by molar-refractivity contribution is 0.0827. The molecule has 6 heteroatoms. The number of carbonyl (C=O) groups excluding carboxylic acids is 1. The van der Waals surface area contributed by atoms with Crippen molar-refractivity contribution in [2.24, 2.45) is 10.9 Å². The van der Waals surface area contributed by atoms with Crippen molar-refractivity contribution in [1.29, 1.82) is 0 Å². The fourth-order valence-electron chi connectivity index (χ4n) is 3.59. The second-order valence-electron chi connectivity index (χ2n) is 7.70. The molecule has 1 aliphatic rings. The minimum Gasteiger partial charge on any atom is -0.357 e. The number of hydrogen-bond acceptors (Lipinski definition) is 3. The van der Waals surface area contributed by atoms with Crippen molar-refractivity contribution in [3.8, 4) is 0 Å². The fourth-order valence-corrected chi connectivity index (χ4v) is 3.59. The van der Waals surface area contributed by atoms with Crippen LogP contribution in [0.1, 0.15) is 42.6 Å². The van der Waals surface area contributed by atoms with E-state index < -0.39 is 0 Å². The maximum absolute atomic E-state index is 12.1. The number of amides is 1. The molecule has 1 heterocycles. The zero-order valence-electron chi connectivity index (χ0n) is 18.0. The van der Waals surface area contributed by atoms with Gasteiger partial charge in [-0.05, 0) is 62.9 Å². The highest BCUT2D eigenvalue weighted by Gasteiger charge is 2.18. The van der Waals surface area contributed by atoms with Gasteiger partial charge in [-0.3, -0.25) is 9.79 Å². The predicted octanol–water partition coefficient (Wildman–Crippen LogP) is 2.22. The van der Waals surface area contributed by atoms with Crippen LogP contribution in [0.15, 0.2) is 29.3 Å². The molecule has 1 aromatic carbocycles. The van der Waals surface area contributed by atoms with E-state index in [1.807, 2.05) is 18.2 Å². The fraction of sp³-hybridized carbons (Fsp3) is 0.636. The first-order valence-corrected chi connectivity index (χ1v) is 10.6. The largest absolute Gasteiger partial charge is 0.357 e. The number of nitrogens with zero attached hydrogens (tertiary/aromatic N) is 3. The number of guanidine groups is 1. The van der Waals surface area contributed by atoms with Crippen LogP contribution in [0.5, 0.6) is 0 Å². The molecule has 1 aromatic rings. The molecular formula is C22H37N5O. The Bertz CT molecular complexity index is 644. The third-order valence-corrected chi connectivity index (χ3v) is 5.19. The van der Waals surface area contributed by atoms with Crippen LogP contribution in [0.2, 0.25) is 0 Å². The van der Waals surface area contributed by atoms with E-state index in [-0.39, 0.29) is 5.91 Å². The average Bonchev–Trinajstić information content (AvgIpc) is 2.71. The lowest BCUT2D eigenvalue weighted by Gasteiger charge is -2.31. The number of carbonyl (C=O) groups is 1. The van der Waals surface area contributed by atoms with E-state index in [1.54, 1.807) is 19.0 Å². The zero-order valence-corrected chi connectivity index (χ0v) is 18.0. The molecule has 1 fully saturated rings. The van der Waals surface area contributed by atoms with Crippen LogP contribution in [0.25, 0.3) is 0 Å². The Morgan fingerprint density at radius 1 is 1.29 bits per heavy atom. The van der Waals surface area contributed by atoms with Gasteiger partial charge in [0.2, 0.25) is 0 Å². The molecular weight excluding hydrogens is 350 g/mol. The predicted molar refractivity (Wildman–Crippen MR) is 117 cm³/mol. The van der Waals surface area contributed by atoms with E-state index in [2.05, 4.69) is 35.4 Å². The molecule has 0 aliphatic carbocycles. The summed E-state index contributed by atoms with van der Waals surface area (Å²) < 4.78 is 0. The van der Waals surface area contributed by atoms with Crippen molar-refractivity contribution in [1.82, 2.24) is 20.4 Å². The molecule has 28 heavy (non-hydrogen) atoms. The molecule has 0 radical (unpaired) electrons. The molecule has 1 aliphatic heterocycles. The molecule has 156 valence electrons. The SMILES string of the molecule is CCNC(=NCC1CCCN(CC)C1)NCCc1cccc(C(=O)N(C)C)c1. The summed E-state index contributed by atoms with van der Waals surface area (Å²) in [6, 6.07) is 7.87. The first kappa shape index (κ1) is 22.2. The molecule has 1 atom stereocenters. The van der Waals surface area contributed by atoms with Gasteiger partial charge in [0.1, 0.15) is 0 Å². The molecule has 1 unspecified atom stereocenters. The van der Waals surface area contributed by atoms with Crippen LogP contribution in [-0.4, -0.2) is 75.0 Å². The summed E-state index contributed by atoms with van der Waals surface area (Å²) in [5.74, 6) is 1.58. The minimum atomic E-state index is 0.0401. The Morgan fingerprint density at radius 3 is 2.82 bits per heavy atom. The van der Waals surface area contributed by atoms with Gasteiger partial charge in [-0.25, -0.2) is 0 Å². The Balaban J connectivity index is 1.86. The Kier molecular flexibility index (Phi) is 9.28. The number of aliphatic imine (C=N–C) groups is 1. The molecule has 1 amide bonds. The van der Waals surface area contributed by atoms with Gasteiger partial charge in [-0.15, -0.1) is 0 Å². The lowest BCUT2D eigenvalue weighted by atomic mass is 9.98. The maximum atomic E-state index is 12.1. The number of benzene rings is 1. The number of piperidine rings is 1. The second kappa shape index (κ2) is 11.7. The highest BCUT2D eigenvalue weighted by Crippen LogP contribution is 2.16. The third kappa shape index (κ3) is 7.15. The van der Waals surface area contributed by atoms with Crippen LogP contribution in [-0.2, 0) is 6.42 Å². The Hall–Kier alpha value is -2.08. The third-order valence-electron chi connectivity index (χ3n) is 5.19. The zero-order chi connectivity index (χ0) is 20.4. The van der Waals surface area contributed by atoms with Gasteiger partial charge in [0.25, 0.3) is 5.91 Å². The summed E-state index contributed by atoms with van der Waals surface area (Å²) in [4.78, 5) is 21.1. The lowest BCUT2D eigenvalue weighted by Crippen LogP contribution is -2.40. The van der Waals surface area contributed by atoms with E-state index >= 15 is 0 Å². The molecule has 1 saturated heterocycles. The van der Waals surface area contributed by atoms with Crippen LogP contribution >= 0.6 is 0 Å². The highest BCUT2D eigenvalue weighted by molar-refractivity contribution is 5.94. The number of nitrogens with one attached hydrogen (secondary N) is 2. The molecule has 0 saturated carbocycles. The molecule has 0 aromatic heterocycles. The van der Waals surface area contributed by atoms with E-state index in [4.69, 9.17) is 4.99 Å². The minimum absolute atomic E-state index is 0.0401. The second-order valence-corrected chi connectivity index (χ2v) is 7.70. The van der Waals surface area contributed by atoms with Crippen molar-refractivity contribution >= 4 is 11.9 Å². The summed E-state index contributed by atoms with van der Waals surface area (Å²) in [6.07, 6.45) is 3.40. The van der Waals surface area contributed by atoms with Gasteiger partial charge in [-0.1, -0.05) is 19.1 Å². The summed E-state index contributed by atoms with van der Waals surface area (Å²) in [5.41, 5.74) is 1.89. The number of rotatable bonds is 8. The number of hydrogen-bond donors (Lipinski definition) is 2. The van der Waals surface area contributed by atoms with Crippen molar-refractivity contribution in [2.75, 3.05) is 53.4 Å². The van der Waals surface area contributed by atoms with Crippen molar-refractivity contribution in [3.63, 3.8) is 0 Å². The summed E-state index contributed by atoms with van der Waals surface area (Å²) in [6.45, 7) is 10.4. The highest BCUT2D eigenvalue weighted by atomic mass is 16.2. The van der Waals surface area contributed by atoms with E-state index in [1.165, 1.54) is 19.4 Å². The van der Waals surface area contributed by atoms with Crippen LogP contribution in [0, 0.1) is 5.92 Å². The summed E-state index contributed by atoms with van der Waals surface area (Å²) in [7, 11) is 3.56. The van der Waals surface area contributed by atoms with Gasteiger partial charge in [0.15, 0.2) is 5.96 Å². The molecule has 0 spiro atoms. The normalized spacial score (nSPS) is 18.0. The van der Waals surface area contributed by atoms with Gasteiger partial charge < -0.3 is 20.4 Å². The van der Waals surface area contributed by atoms with Gasteiger partial charge in [-0.2, -0.15) is 0 Å². The van der Waals surface area contributed by atoms with Gasteiger partial charge in [0.05, 0.1) is 0 Å². The standard InChI is InChI=1S/C22H37N5O/c1-5-23-22(25-16-19-10-8-14-27(6-2)17-19)24-13-12-18-9-7-11-20(15-18)21(28)26(3)4/h7,9,11,15,19H,5-6,8,10,12-14,16-17H2,1-4H3,(H2,23,24,25). The average molecular weight is 388 g/mol. The maximum Gasteiger partial charge on any atom is 0.253 e. The van der Waals surface area contributed by atoms with Crippen molar-refractivity contribution < 1.29 is 4.79 Å². The van der Waals surface area contributed by atoms with Gasteiger partial charge >= 0.3 is 0 Å². The van der Waals surface area contributed by atoms with Crippen LogP contribution in [0.4, 0.5) is 0 Å². The first-order valence-electron chi connectivity index (χ1n) is 10.6. The Morgan fingerprint density at radius 2 is 2.11 bits per heavy atom. The smallest absolute Gasteiger partial charge is 0.253 e. The van der Waals surface area contributed by atoms with Crippen molar-refractivity contribution in [2.45, 2.75) is 33.1 Å². The van der Waals surface area contributed by atoms with E-state index in [9.17, 15) is 4.79 Å². The quantitative estimate of drug-likeness (QED) is 0.530.